The first-order chi connectivity index (χ1) is 10.9. The van der Waals surface area contributed by atoms with E-state index >= 15 is 0 Å². The van der Waals surface area contributed by atoms with Crippen LogP contribution in [-0.4, -0.2) is 28.0 Å². The number of carbonyl (C=O) groups is 1. The van der Waals surface area contributed by atoms with Gasteiger partial charge in [0.15, 0.2) is 0 Å². The number of rotatable bonds is 6. The molecule has 122 valence electrons. The highest BCUT2D eigenvalue weighted by molar-refractivity contribution is 9.10. The van der Waals surface area contributed by atoms with Crippen LogP contribution < -0.4 is 4.72 Å². The Morgan fingerprint density at radius 1 is 1.13 bits per heavy atom. The summed E-state index contributed by atoms with van der Waals surface area (Å²) >= 11 is 3.23. The minimum absolute atomic E-state index is 0.209. The van der Waals surface area contributed by atoms with Crippen LogP contribution in [0, 0.1) is 0 Å². The molecule has 2 aromatic carbocycles. The number of ether oxygens (including phenoxy) is 1. The summed E-state index contributed by atoms with van der Waals surface area (Å²) in [6, 6.07) is 13.5. The molecule has 0 aromatic heterocycles. The molecule has 0 radical (unpaired) electrons. The van der Waals surface area contributed by atoms with Gasteiger partial charge in [0.2, 0.25) is 10.0 Å². The first-order valence-corrected chi connectivity index (χ1v) is 9.13. The van der Waals surface area contributed by atoms with E-state index in [-0.39, 0.29) is 11.4 Å². The zero-order chi connectivity index (χ0) is 16.9. The molecule has 2 rings (SSSR count). The van der Waals surface area contributed by atoms with Gasteiger partial charge < -0.3 is 4.74 Å². The molecule has 0 spiro atoms. The van der Waals surface area contributed by atoms with Crippen LogP contribution in [0.3, 0.4) is 0 Å². The van der Waals surface area contributed by atoms with Crippen LogP contribution in [0.2, 0.25) is 0 Å². The van der Waals surface area contributed by atoms with Crippen LogP contribution >= 0.6 is 15.9 Å². The molecular formula is C16H16BrNO4S. The molecule has 0 fully saturated rings. The van der Waals surface area contributed by atoms with Gasteiger partial charge in [-0.05, 0) is 52.2 Å². The fourth-order valence-corrected chi connectivity index (χ4v) is 4.03. The van der Waals surface area contributed by atoms with E-state index in [1.165, 1.54) is 13.2 Å². The van der Waals surface area contributed by atoms with Crippen molar-refractivity contribution in [2.24, 2.45) is 0 Å². The lowest BCUT2D eigenvalue weighted by atomic mass is 10.1. The molecule has 0 saturated carbocycles. The summed E-state index contributed by atoms with van der Waals surface area (Å²) in [5.41, 5.74) is 1.39. The largest absolute Gasteiger partial charge is 0.465 e. The third-order valence-electron chi connectivity index (χ3n) is 3.21. The number of nitrogens with one attached hydrogen (secondary N) is 1. The lowest BCUT2D eigenvalue weighted by Gasteiger charge is -2.08. The number of esters is 1. The Bertz CT molecular complexity index is 788. The first-order valence-electron chi connectivity index (χ1n) is 6.85. The van der Waals surface area contributed by atoms with Gasteiger partial charge in [-0.25, -0.2) is 17.9 Å². The second-order valence-electron chi connectivity index (χ2n) is 4.77. The van der Waals surface area contributed by atoms with Gasteiger partial charge in [-0.2, -0.15) is 0 Å². The monoisotopic (exact) mass is 397 g/mol. The molecule has 0 heterocycles. The predicted octanol–water partition coefficient (Wildman–Crippen LogP) is 2.76. The molecule has 5 nitrogen and oxygen atoms in total. The molecule has 0 aliphatic carbocycles. The molecule has 0 unspecified atom stereocenters. The lowest BCUT2D eigenvalue weighted by Crippen LogP contribution is -2.26. The molecule has 23 heavy (non-hydrogen) atoms. The minimum Gasteiger partial charge on any atom is -0.465 e. The third kappa shape index (κ3) is 4.63. The standard InChI is InChI=1S/C16H16BrNO4S/c1-22-16(19)13-8-6-12(7-9-13)10-11-18-23(20,21)15-5-3-2-4-14(15)17/h2-9,18H,10-11H2,1H3. The average Bonchev–Trinajstić information content (AvgIpc) is 2.55. The van der Waals surface area contributed by atoms with Crippen LogP contribution in [0.1, 0.15) is 15.9 Å². The van der Waals surface area contributed by atoms with Crippen molar-refractivity contribution in [1.29, 1.82) is 0 Å². The Balaban J connectivity index is 1.97. The number of benzene rings is 2. The van der Waals surface area contributed by atoms with E-state index < -0.39 is 16.0 Å². The summed E-state index contributed by atoms with van der Waals surface area (Å²) in [6.45, 7) is 0.265. The summed E-state index contributed by atoms with van der Waals surface area (Å²) in [6.07, 6.45) is 0.519. The van der Waals surface area contributed by atoms with Crippen molar-refractivity contribution in [1.82, 2.24) is 4.72 Å². The van der Waals surface area contributed by atoms with E-state index in [9.17, 15) is 13.2 Å². The zero-order valence-corrected chi connectivity index (χ0v) is 14.9. The number of hydrogen-bond acceptors (Lipinski definition) is 4. The first kappa shape index (κ1) is 17.7. The Labute approximate surface area is 143 Å². The Morgan fingerprint density at radius 3 is 2.39 bits per heavy atom. The van der Waals surface area contributed by atoms with Crippen molar-refractivity contribution in [3.8, 4) is 0 Å². The predicted molar refractivity (Wildman–Crippen MR) is 90.8 cm³/mol. The maximum Gasteiger partial charge on any atom is 0.337 e. The van der Waals surface area contributed by atoms with E-state index in [0.29, 0.717) is 16.5 Å². The van der Waals surface area contributed by atoms with Crippen molar-refractivity contribution in [2.45, 2.75) is 11.3 Å². The molecule has 0 aliphatic heterocycles. The van der Waals surface area contributed by atoms with E-state index in [4.69, 9.17) is 0 Å². The fraction of sp³-hybridized carbons (Fsp3) is 0.188. The third-order valence-corrected chi connectivity index (χ3v) is 5.68. The van der Waals surface area contributed by atoms with E-state index in [2.05, 4.69) is 25.4 Å². The van der Waals surface area contributed by atoms with Crippen molar-refractivity contribution in [3.05, 3.63) is 64.1 Å². The van der Waals surface area contributed by atoms with Gasteiger partial charge in [0, 0.05) is 11.0 Å². The number of methoxy groups -OCH3 is 1. The molecule has 0 bridgehead atoms. The summed E-state index contributed by atoms with van der Waals surface area (Å²) in [5, 5.41) is 0. The van der Waals surface area contributed by atoms with Gasteiger partial charge in [0.1, 0.15) is 0 Å². The molecule has 1 N–H and O–H groups in total. The van der Waals surface area contributed by atoms with Crippen LogP contribution in [0.15, 0.2) is 57.9 Å². The normalized spacial score (nSPS) is 11.2. The van der Waals surface area contributed by atoms with Crippen molar-refractivity contribution in [3.63, 3.8) is 0 Å². The second-order valence-corrected chi connectivity index (χ2v) is 7.36. The fourth-order valence-electron chi connectivity index (χ4n) is 2.00. The Morgan fingerprint density at radius 2 is 1.78 bits per heavy atom. The van der Waals surface area contributed by atoms with Crippen LogP contribution in [0.4, 0.5) is 0 Å². The number of carbonyl (C=O) groups excluding carboxylic acids is 1. The number of hydrogen-bond donors (Lipinski definition) is 1. The van der Waals surface area contributed by atoms with Crippen LogP contribution in [-0.2, 0) is 21.2 Å². The van der Waals surface area contributed by atoms with Gasteiger partial charge in [0.05, 0.1) is 17.6 Å². The number of halogens is 1. The van der Waals surface area contributed by atoms with Gasteiger partial charge in [-0.15, -0.1) is 0 Å². The van der Waals surface area contributed by atoms with Crippen LogP contribution in [0.5, 0.6) is 0 Å². The van der Waals surface area contributed by atoms with E-state index in [1.54, 1.807) is 42.5 Å². The second kappa shape index (κ2) is 7.72. The molecule has 0 atom stereocenters. The van der Waals surface area contributed by atoms with Gasteiger partial charge in [-0.3, -0.25) is 0 Å². The summed E-state index contributed by atoms with van der Waals surface area (Å²) in [5.74, 6) is -0.397. The zero-order valence-electron chi connectivity index (χ0n) is 12.5. The molecule has 2 aromatic rings. The molecule has 0 saturated heterocycles. The average molecular weight is 398 g/mol. The molecular weight excluding hydrogens is 382 g/mol. The van der Waals surface area contributed by atoms with E-state index in [1.807, 2.05) is 0 Å². The molecule has 7 heteroatoms. The summed E-state index contributed by atoms with van der Waals surface area (Å²) < 4.78 is 32.2. The maximum atomic E-state index is 12.2. The van der Waals surface area contributed by atoms with Crippen molar-refractivity contribution >= 4 is 31.9 Å². The van der Waals surface area contributed by atoms with Gasteiger partial charge >= 0.3 is 5.97 Å². The highest BCUT2D eigenvalue weighted by atomic mass is 79.9. The lowest BCUT2D eigenvalue weighted by molar-refractivity contribution is 0.0600. The van der Waals surface area contributed by atoms with Crippen LogP contribution in [0.25, 0.3) is 0 Å². The van der Waals surface area contributed by atoms with Gasteiger partial charge in [0.25, 0.3) is 0 Å². The summed E-state index contributed by atoms with van der Waals surface area (Å²) in [7, 11) is -2.23. The van der Waals surface area contributed by atoms with Gasteiger partial charge in [-0.1, -0.05) is 24.3 Å². The quantitative estimate of drug-likeness (QED) is 0.760. The van der Waals surface area contributed by atoms with E-state index in [0.717, 1.165) is 5.56 Å². The topological polar surface area (TPSA) is 72.5 Å². The molecule has 0 aliphatic rings. The Kier molecular flexibility index (Phi) is 5.92. The van der Waals surface area contributed by atoms with Crippen molar-refractivity contribution < 1.29 is 17.9 Å². The summed E-state index contributed by atoms with van der Waals surface area (Å²) in [4.78, 5) is 11.5. The maximum absolute atomic E-state index is 12.2. The minimum atomic E-state index is -3.56. The highest BCUT2D eigenvalue weighted by Crippen LogP contribution is 2.20. The number of sulfonamides is 1. The highest BCUT2D eigenvalue weighted by Gasteiger charge is 2.16. The van der Waals surface area contributed by atoms with Crippen molar-refractivity contribution in [2.75, 3.05) is 13.7 Å². The molecule has 0 amide bonds. The Hall–Kier alpha value is -1.70. The smallest absolute Gasteiger partial charge is 0.337 e. The SMILES string of the molecule is COC(=O)c1ccc(CCNS(=O)(=O)c2ccccc2Br)cc1.